The maximum absolute atomic E-state index is 12.1. The fourth-order valence-corrected chi connectivity index (χ4v) is 5.19. The van der Waals surface area contributed by atoms with Crippen LogP contribution in [0.15, 0.2) is 97.1 Å². The first-order valence-electron chi connectivity index (χ1n) is 11.3. The average Bonchev–Trinajstić information content (AvgIpc) is 3.38. The van der Waals surface area contributed by atoms with Gasteiger partial charge in [0.15, 0.2) is 0 Å². The van der Waals surface area contributed by atoms with Crippen LogP contribution >= 0.6 is 0 Å². The first-order chi connectivity index (χ1) is 16.8. The molecule has 4 aromatic rings. The van der Waals surface area contributed by atoms with E-state index in [0.717, 1.165) is 22.3 Å². The standard InChI is InChI=1S/C29H22O5/c30-29(33-31-17-27-23-13-5-1-9-19(23)20-10-2-6-14-24(20)27)34-32-18-28-25-15-7-3-11-21(25)22-12-4-8-16-26(22)28/h1-16,27-28H,17-18H2. The first kappa shape index (κ1) is 20.7. The summed E-state index contributed by atoms with van der Waals surface area (Å²) in [4.78, 5) is 32.3. The van der Waals surface area contributed by atoms with E-state index in [-0.39, 0.29) is 25.0 Å². The van der Waals surface area contributed by atoms with Crippen LogP contribution in [0.3, 0.4) is 0 Å². The topological polar surface area (TPSA) is 54.0 Å². The van der Waals surface area contributed by atoms with E-state index >= 15 is 0 Å². The Morgan fingerprint density at radius 3 is 1.12 bits per heavy atom. The second-order valence-corrected chi connectivity index (χ2v) is 8.44. The second kappa shape index (κ2) is 8.78. The van der Waals surface area contributed by atoms with Crippen LogP contribution in [0.2, 0.25) is 0 Å². The largest absolute Gasteiger partial charge is 0.573 e. The summed E-state index contributed by atoms with van der Waals surface area (Å²) in [6, 6.07) is 32.7. The minimum atomic E-state index is -1.03. The summed E-state index contributed by atoms with van der Waals surface area (Å²) in [5.41, 5.74) is 9.30. The molecule has 0 aromatic heterocycles. The zero-order valence-electron chi connectivity index (χ0n) is 18.3. The molecule has 2 aliphatic rings. The molecule has 168 valence electrons. The average molecular weight is 450 g/mol. The lowest BCUT2D eigenvalue weighted by molar-refractivity contribution is -0.320. The van der Waals surface area contributed by atoms with Gasteiger partial charge in [0, 0.05) is 11.8 Å². The molecule has 0 saturated heterocycles. The van der Waals surface area contributed by atoms with E-state index in [2.05, 4.69) is 48.5 Å². The van der Waals surface area contributed by atoms with Crippen molar-refractivity contribution in [3.05, 3.63) is 119 Å². The van der Waals surface area contributed by atoms with Crippen molar-refractivity contribution < 1.29 is 24.3 Å². The number of rotatable bonds is 6. The molecular formula is C29H22O5. The molecule has 5 heteroatoms. The fourth-order valence-electron chi connectivity index (χ4n) is 5.19. The van der Waals surface area contributed by atoms with Crippen LogP contribution in [-0.4, -0.2) is 19.4 Å². The van der Waals surface area contributed by atoms with Crippen molar-refractivity contribution in [1.29, 1.82) is 0 Å². The van der Waals surface area contributed by atoms with E-state index in [1.807, 2.05) is 48.5 Å². The molecule has 4 aromatic carbocycles. The SMILES string of the molecule is O=C(OOCC1c2ccccc2-c2ccccc21)OOCC1c2ccccc2-c2ccccc21. The Labute approximate surface area is 197 Å². The lowest BCUT2D eigenvalue weighted by Crippen LogP contribution is -2.15. The lowest BCUT2D eigenvalue weighted by atomic mass is 9.98. The van der Waals surface area contributed by atoms with Crippen molar-refractivity contribution in [3.8, 4) is 22.3 Å². The highest BCUT2D eigenvalue weighted by Crippen LogP contribution is 2.45. The lowest BCUT2D eigenvalue weighted by Gasteiger charge is -2.14. The van der Waals surface area contributed by atoms with Gasteiger partial charge in [-0.3, -0.25) is 9.78 Å². The third-order valence-corrected chi connectivity index (χ3v) is 6.65. The van der Waals surface area contributed by atoms with Gasteiger partial charge in [-0.25, -0.2) is 0 Å². The third-order valence-electron chi connectivity index (χ3n) is 6.65. The Hall–Kier alpha value is -3.93. The molecule has 0 amide bonds. The van der Waals surface area contributed by atoms with Gasteiger partial charge in [0.05, 0.1) is 0 Å². The molecule has 0 heterocycles. The molecule has 34 heavy (non-hydrogen) atoms. The Balaban J connectivity index is 1.05. The molecule has 0 bridgehead atoms. The van der Waals surface area contributed by atoms with Crippen LogP contribution in [0.25, 0.3) is 22.3 Å². The van der Waals surface area contributed by atoms with Crippen LogP contribution in [0.1, 0.15) is 34.1 Å². The molecule has 0 radical (unpaired) electrons. The number of fused-ring (bicyclic) bond motifs is 6. The molecule has 0 saturated carbocycles. The van der Waals surface area contributed by atoms with Crippen LogP contribution in [-0.2, 0) is 19.6 Å². The highest BCUT2D eigenvalue weighted by Gasteiger charge is 2.30. The zero-order valence-corrected chi connectivity index (χ0v) is 18.3. The van der Waals surface area contributed by atoms with Gasteiger partial charge in [0.2, 0.25) is 0 Å². The molecular weight excluding hydrogens is 428 g/mol. The third kappa shape index (κ3) is 3.55. The van der Waals surface area contributed by atoms with Gasteiger partial charge < -0.3 is 0 Å². The normalized spacial score (nSPS) is 13.6. The Kier molecular flexibility index (Phi) is 5.34. The van der Waals surface area contributed by atoms with Crippen LogP contribution < -0.4 is 0 Å². The summed E-state index contributed by atoms with van der Waals surface area (Å²) in [6.07, 6.45) is -1.03. The molecule has 2 aliphatic carbocycles. The van der Waals surface area contributed by atoms with Gasteiger partial charge >= 0.3 is 6.16 Å². The summed E-state index contributed by atoms with van der Waals surface area (Å²) in [7, 11) is 0. The quantitative estimate of drug-likeness (QED) is 0.244. The Bertz CT molecular complexity index is 1170. The predicted octanol–water partition coefficient (Wildman–Crippen LogP) is 6.63. The number of carbonyl (C=O) groups is 1. The van der Waals surface area contributed by atoms with E-state index in [0.29, 0.717) is 0 Å². The molecule has 0 unspecified atom stereocenters. The Morgan fingerprint density at radius 1 is 0.500 bits per heavy atom. The summed E-state index contributed by atoms with van der Waals surface area (Å²) in [5.74, 6) is -0.0415. The first-order valence-corrected chi connectivity index (χ1v) is 11.3. The maximum Gasteiger partial charge on any atom is 0.573 e. The number of hydrogen-bond donors (Lipinski definition) is 0. The van der Waals surface area contributed by atoms with Crippen molar-refractivity contribution in [2.24, 2.45) is 0 Å². The van der Waals surface area contributed by atoms with Gasteiger partial charge in [-0.2, -0.15) is 14.6 Å². The van der Waals surface area contributed by atoms with Gasteiger partial charge in [-0.1, -0.05) is 97.1 Å². The molecule has 0 aliphatic heterocycles. The highest BCUT2D eigenvalue weighted by molar-refractivity contribution is 5.79. The predicted molar refractivity (Wildman–Crippen MR) is 127 cm³/mol. The number of hydrogen-bond acceptors (Lipinski definition) is 5. The van der Waals surface area contributed by atoms with Gasteiger partial charge in [-0.05, 0) is 44.5 Å². The van der Waals surface area contributed by atoms with Crippen molar-refractivity contribution in [3.63, 3.8) is 0 Å². The van der Waals surface area contributed by atoms with E-state index < -0.39 is 6.16 Å². The fraction of sp³-hybridized carbons (Fsp3) is 0.138. The maximum atomic E-state index is 12.1. The van der Waals surface area contributed by atoms with Crippen molar-refractivity contribution in [2.75, 3.05) is 13.2 Å². The smallest absolute Gasteiger partial charge is 0.257 e. The summed E-state index contributed by atoms with van der Waals surface area (Å²) < 4.78 is 0. The molecule has 0 spiro atoms. The van der Waals surface area contributed by atoms with E-state index in [1.54, 1.807) is 0 Å². The van der Waals surface area contributed by atoms with E-state index in [4.69, 9.17) is 19.6 Å². The van der Waals surface area contributed by atoms with E-state index in [1.165, 1.54) is 22.3 Å². The molecule has 0 atom stereocenters. The van der Waals surface area contributed by atoms with Gasteiger partial charge in [-0.15, -0.1) is 0 Å². The molecule has 0 N–H and O–H groups in total. The van der Waals surface area contributed by atoms with Gasteiger partial charge in [0.25, 0.3) is 0 Å². The molecule has 6 rings (SSSR count). The van der Waals surface area contributed by atoms with Crippen LogP contribution in [0.5, 0.6) is 0 Å². The highest BCUT2D eigenvalue weighted by atomic mass is 17.3. The van der Waals surface area contributed by atoms with Gasteiger partial charge in [0.1, 0.15) is 13.2 Å². The van der Waals surface area contributed by atoms with Crippen molar-refractivity contribution >= 4 is 6.16 Å². The second-order valence-electron chi connectivity index (χ2n) is 8.44. The van der Waals surface area contributed by atoms with E-state index in [9.17, 15) is 4.79 Å². The van der Waals surface area contributed by atoms with Crippen LogP contribution in [0.4, 0.5) is 4.79 Å². The zero-order chi connectivity index (χ0) is 22.9. The summed E-state index contributed by atoms with van der Waals surface area (Å²) in [6.45, 7) is 0.374. The minimum Gasteiger partial charge on any atom is -0.257 e. The molecule has 5 nitrogen and oxygen atoms in total. The summed E-state index contributed by atoms with van der Waals surface area (Å²) in [5, 5.41) is 0. The Morgan fingerprint density at radius 2 is 0.794 bits per heavy atom. The van der Waals surface area contributed by atoms with Crippen molar-refractivity contribution in [1.82, 2.24) is 0 Å². The van der Waals surface area contributed by atoms with Crippen molar-refractivity contribution in [2.45, 2.75) is 11.8 Å². The molecule has 0 fully saturated rings. The monoisotopic (exact) mass is 450 g/mol. The van der Waals surface area contributed by atoms with Crippen LogP contribution in [0, 0.1) is 0 Å². The number of carbonyl (C=O) groups excluding carboxylic acids is 1. The minimum absolute atomic E-state index is 0.0207. The summed E-state index contributed by atoms with van der Waals surface area (Å²) >= 11 is 0. The number of benzene rings is 4.